The number of rotatable bonds is 5. The minimum Gasteiger partial charge on any atom is -0.330 e. The fraction of sp³-hybridized carbons (Fsp3) is 0.400. The molecule has 1 atom stereocenters. The molecule has 0 N–H and O–H groups in total. The first-order valence-corrected chi connectivity index (χ1v) is 15.3. The highest BCUT2D eigenvalue weighted by molar-refractivity contribution is 7.10. The van der Waals surface area contributed by atoms with Gasteiger partial charge >= 0.3 is 12.4 Å². The van der Waals surface area contributed by atoms with Crippen molar-refractivity contribution in [2.45, 2.75) is 63.0 Å². The molecule has 0 saturated heterocycles. The van der Waals surface area contributed by atoms with Crippen molar-refractivity contribution in [2.24, 2.45) is 0 Å². The quantitative estimate of drug-likeness (QED) is 0.256. The average molecular weight is 664 g/mol. The van der Waals surface area contributed by atoms with E-state index in [1.54, 1.807) is 23.1 Å². The molecular formula is C30H26Cl2F6N2O2S. The molecule has 2 amide bonds. The molecule has 1 aliphatic carbocycles. The van der Waals surface area contributed by atoms with Crippen molar-refractivity contribution < 1.29 is 35.9 Å². The normalized spacial score (nSPS) is 18.0. The Morgan fingerprint density at radius 3 is 2.14 bits per heavy atom. The van der Waals surface area contributed by atoms with Gasteiger partial charge in [0.15, 0.2) is 0 Å². The summed E-state index contributed by atoms with van der Waals surface area (Å²) in [6.45, 7) is -0.229. The van der Waals surface area contributed by atoms with Gasteiger partial charge in [0.1, 0.15) is 6.54 Å². The molecule has 2 heterocycles. The van der Waals surface area contributed by atoms with Gasteiger partial charge in [0, 0.05) is 33.1 Å². The number of thiophene rings is 1. The van der Waals surface area contributed by atoms with Crippen LogP contribution in [-0.4, -0.2) is 40.7 Å². The number of fused-ring (bicyclic) bond motifs is 1. The first-order valence-electron chi connectivity index (χ1n) is 13.6. The van der Waals surface area contributed by atoms with E-state index < -0.39 is 59.5 Å². The number of alkyl halides is 6. The van der Waals surface area contributed by atoms with E-state index in [1.807, 2.05) is 11.4 Å². The van der Waals surface area contributed by atoms with Crippen molar-refractivity contribution in [3.63, 3.8) is 0 Å². The monoisotopic (exact) mass is 662 g/mol. The van der Waals surface area contributed by atoms with E-state index in [0.717, 1.165) is 21.8 Å². The molecule has 1 aromatic heterocycles. The highest BCUT2D eigenvalue weighted by Gasteiger charge is 2.40. The Kier molecular flexibility index (Phi) is 9.07. The fourth-order valence-electron chi connectivity index (χ4n) is 5.88. The molecule has 0 radical (unpaired) electrons. The lowest BCUT2D eigenvalue weighted by Crippen LogP contribution is -2.50. The van der Waals surface area contributed by atoms with Crippen LogP contribution in [0.3, 0.4) is 0 Å². The van der Waals surface area contributed by atoms with Crippen molar-refractivity contribution in [1.29, 1.82) is 0 Å². The van der Waals surface area contributed by atoms with Gasteiger partial charge < -0.3 is 9.80 Å². The molecule has 1 aliphatic heterocycles. The van der Waals surface area contributed by atoms with Crippen LogP contribution in [0.25, 0.3) is 0 Å². The van der Waals surface area contributed by atoms with E-state index in [2.05, 4.69) is 0 Å². The van der Waals surface area contributed by atoms with E-state index in [-0.39, 0.29) is 12.6 Å². The molecular weight excluding hydrogens is 637 g/mol. The van der Waals surface area contributed by atoms with Crippen LogP contribution in [0, 0.1) is 0 Å². The zero-order valence-corrected chi connectivity index (χ0v) is 24.9. The van der Waals surface area contributed by atoms with E-state index in [9.17, 15) is 35.9 Å². The SMILES string of the molecule is O=C(c1cc(C(F)(F)F)cc(C(F)(F)F)c1)N(CC(=O)N1CCc2sccc2[C@@H]1c1ccc(Cl)cc1Cl)C1CCCCC1. The predicted molar refractivity (Wildman–Crippen MR) is 152 cm³/mol. The van der Waals surface area contributed by atoms with Crippen molar-refractivity contribution in [2.75, 3.05) is 13.1 Å². The Hall–Kier alpha value is -2.76. The largest absolute Gasteiger partial charge is 0.416 e. The van der Waals surface area contributed by atoms with E-state index in [1.165, 1.54) is 11.3 Å². The highest BCUT2D eigenvalue weighted by atomic mass is 35.5. The number of hydrogen-bond acceptors (Lipinski definition) is 3. The van der Waals surface area contributed by atoms with Gasteiger partial charge in [-0.05, 0) is 72.2 Å². The molecule has 13 heteroatoms. The maximum Gasteiger partial charge on any atom is 0.416 e. The molecule has 1 fully saturated rings. The van der Waals surface area contributed by atoms with Crippen LogP contribution in [-0.2, 0) is 23.6 Å². The summed E-state index contributed by atoms with van der Waals surface area (Å²) in [7, 11) is 0. The number of nitrogens with zero attached hydrogens (tertiary/aromatic N) is 2. The van der Waals surface area contributed by atoms with E-state index in [4.69, 9.17) is 23.2 Å². The second kappa shape index (κ2) is 12.3. The zero-order valence-electron chi connectivity index (χ0n) is 22.6. The smallest absolute Gasteiger partial charge is 0.330 e. The molecule has 2 aromatic carbocycles. The fourth-order valence-corrected chi connectivity index (χ4v) is 7.30. The Bertz CT molecular complexity index is 1480. The maximum atomic E-state index is 14.0. The Labute approximate surface area is 258 Å². The summed E-state index contributed by atoms with van der Waals surface area (Å²) < 4.78 is 81.6. The lowest BCUT2D eigenvalue weighted by atomic mass is 9.92. The Morgan fingerprint density at radius 1 is 0.884 bits per heavy atom. The van der Waals surface area contributed by atoms with Crippen molar-refractivity contribution in [1.82, 2.24) is 9.80 Å². The van der Waals surface area contributed by atoms with Gasteiger partial charge in [-0.1, -0.05) is 48.5 Å². The summed E-state index contributed by atoms with van der Waals surface area (Å²) >= 11 is 14.2. The second-order valence-electron chi connectivity index (χ2n) is 10.7. The zero-order chi connectivity index (χ0) is 31.1. The third kappa shape index (κ3) is 6.83. The molecule has 4 nitrogen and oxygen atoms in total. The molecule has 2 aliphatic rings. The summed E-state index contributed by atoms with van der Waals surface area (Å²) in [4.78, 5) is 31.6. The molecule has 1 saturated carbocycles. The van der Waals surface area contributed by atoms with Gasteiger partial charge in [0.25, 0.3) is 5.91 Å². The van der Waals surface area contributed by atoms with Crippen molar-refractivity contribution in [3.05, 3.63) is 90.6 Å². The molecule has 0 bridgehead atoms. The summed E-state index contributed by atoms with van der Waals surface area (Å²) in [5.41, 5.74) is -2.46. The second-order valence-corrected chi connectivity index (χ2v) is 12.6. The molecule has 0 unspecified atom stereocenters. The molecule has 5 rings (SSSR count). The van der Waals surface area contributed by atoms with Crippen LogP contribution >= 0.6 is 34.5 Å². The van der Waals surface area contributed by atoms with Crippen LogP contribution in [0.2, 0.25) is 10.0 Å². The summed E-state index contributed by atoms with van der Waals surface area (Å²) in [5, 5.41) is 2.64. The standard InChI is InChI=1S/C30H26Cl2F6N2O2S/c31-20-6-7-22(24(32)15-20)27-23-9-11-43-25(23)8-10-39(27)26(41)16-40(21-4-2-1-3-5-21)28(42)17-12-18(29(33,34)35)14-19(13-17)30(36,37)38/h6-7,9,11-15,21,27H,1-5,8,10,16H2/t27-/m0/s1. The van der Waals surface area contributed by atoms with Gasteiger partial charge in [-0.3, -0.25) is 9.59 Å². The van der Waals surface area contributed by atoms with Crippen LogP contribution in [0.1, 0.15) is 75.6 Å². The topological polar surface area (TPSA) is 40.6 Å². The summed E-state index contributed by atoms with van der Waals surface area (Å²) in [6, 6.07) is 6.52. The Balaban J connectivity index is 1.52. The maximum absolute atomic E-state index is 14.0. The third-order valence-electron chi connectivity index (χ3n) is 7.96. The van der Waals surface area contributed by atoms with E-state index in [0.29, 0.717) is 59.8 Å². The minimum atomic E-state index is -5.11. The molecule has 3 aromatic rings. The van der Waals surface area contributed by atoms with Gasteiger partial charge in [0.2, 0.25) is 5.91 Å². The molecule has 230 valence electrons. The van der Waals surface area contributed by atoms with Crippen LogP contribution in [0.5, 0.6) is 0 Å². The van der Waals surface area contributed by atoms with Crippen molar-refractivity contribution >= 4 is 46.4 Å². The van der Waals surface area contributed by atoms with Crippen molar-refractivity contribution in [3.8, 4) is 0 Å². The number of carbonyl (C=O) groups is 2. The van der Waals surface area contributed by atoms with Gasteiger partial charge in [-0.15, -0.1) is 11.3 Å². The first-order chi connectivity index (χ1) is 20.2. The first kappa shape index (κ1) is 31.7. The molecule has 0 spiro atoms. The summed E-state index contributed by atoms with van der Waals surface area (Å²) in [6.07, 6.45) is -6.43. The highest BCUT2D eigenvalue weighted by Crippen LogP contribution is 2.42. The van der Waals surface area contributed by atoms with Crippen LogP contribution in [0.4, 0.5) is 26.3 Å². The molecule has 43 heavy (non-hydrogen) atoms. The number of hydrogen-bond donors (Lipinski definition) is 0. The van der Waals surface area contributed by atoms with Gasteiger partial charge in [-0.2, -0.15) is 26.3 Å². The third-order valence-corrected chi connectivity index (χ3v) is 9.52. The van der Waals surface area contributed by atoms with Gasteiger partial charge in [-0.25, -0.2) is 0 Å². The minimum absolute atomic E-state index is 0.0144. The lowest BCUT2D eigenvalue weighted by Gasteiger charge is -2.40. The van der Waals surface area contributed by atoms with E-state index >= 15 is 0 Å². The lowest BCUT2D eigenvalue weighted by molar-refractivity contribution is -0.143. The summed E-state index contributed by atoms with van der Waals surface area (Å²) in [5.74, 6) is -1.54. The number of halogens is 8. The van der Waals surface area contributed by atoms with Crippen LogP contribution in [0.15, 0.2) is 47.8 Å². The number of amides is 2. The number of benzene rings is 2. The Morgan fingerprint density at radius 2 is 1.53 bits per heavy atom. The predicted octanol–water partition coefficient (Wildman–Crippen LogP) is 9.04. The number of carbonyl (C=O) groups excluding carboxylic acids is 2. The van der Waals surface area contributed by atoms with Gasteiger partial charge in [0.05, 0.1) is 17.2 Å². The van der Waals surface area contributed by atoms with Crippen LogP contribution < -0.4 is 0 Å². The average Bonchev–Trinajstić information content (AvgIpc) is 3.44.